The van der Waals surface area contributed by atoms with Crippen LogP contribution >= 0.6 is 0 Å². The fourth-order valence-electron chi connectivity index (χ4n) is 1.67. The molecule has 1 atom stereocenters. The van der Waals surface area contributed by atoms with E-state index < -0.39 is 6.03 Å². The Morgan fingerprint density at radius 3 is 2.69 bits per heavy atom. The number of hydrogen-bond donors (Lipinski definition) is 3. The van der Waals surface area contributed by atoms with Crippen LogP contribution in [0.5, 0.6) is 0 Å². The van der Waals surface area contributed by atoms with Crippen molar-refractivity contribution in [2.45, 2.75) is 32.4 Å². The highest BCUT2D eigenvalue weighted by Crippen LogP contribution is 2.05. The lowest BCUT2D eigenvalue weighted by Crippen LogP contribution is -2.46. The predicted molar refractivity (Wildman–Crippen MR) is 60.8 cm³/mol. The summed E-state index contributed by atoms with van der Waals surface area (Å²) in [5, 5.41) is 4.87. The van der Waals surface area contributed by atoms with Crippen molar-refractivity contribution in [3.63, 3.8) is 0 Å². The minimum absolute atomic E-state index is 0.0213. The van der Waals surface area contributed by atoms with Crippen LogP contribution in [0.4, 0.5) is 4.79 Å². The van der Waals surface area contributed by atoms with Gasteiger partial charge in [0.15, 0.2) is 0 Å². The van der Waals surface area contributed by atoms with E-state index in [9.17, 15) is 9.59 Å². The summed E-state index contributed by atoms with van der Waals surface area (Å²) in [5.41, 5.74) is 5.72. The number of amides is 3. The van der Waals surface area contributed by atoms with Gasteiger partial charge >= 0.3 is 6.03 Å². The van der Waals surface area contributed by atoms with Crippen LogP contribution in [0.25, 0.3) is 0 Å². The molecule has 6 nitrogen and oxygen atoms in total. The van der Waals surface area contributed by atoms with Crippen LogP contribution in [0.15, 0.2) is 0 Å². The molecule has 92 valence electrons. The number of rotatable bonds is 3. The van der Waals surface area contributed by atoms with Gasteiger partial charge in [-0.3, -0.25) is 15.0 Å². The molecular formula is C10H20N4O2. The van der Waals surface area contributed by atoms with E-state index >= 15 is 0 Å². The van der Waals surface area contributed by atoms with Gasteiger partial charge in [0.05, 0.1) is 6.54 Å². The van der Waals surface area contributed by atoms with Crippen molar-refractivity contribution in [3.05, 3.63) is 0 Å². The summed E-state index contributed by atoms with van der Waals surface area (Å²) in [6.07, 6.45) is 0.908. The molecule has 6 heteroatoms. The van der Waals surface area contributed by atoms with Gasteiger partial charge in [-0.15, -0.1) is 0 Å². The van der Waals surface area contributed by atoms with Crippen molar-refractivity contribution in [1.29, 1.82) is 0 Å². The van der Waals surface area contributed by atoms with E-state index in [1.165, 1.54) is 0 Å². The molecular weight excluding hydrogens is 208 g/mol. The summed E-state index contributed by atoms with van der Waals surface area (Å²) in [4.78, 5) is 24.6. The predicted octanol–water partition coefficient (Wildman–Crippen LogP) is -0.746. The minimum Gasteiger partial charge on any atom is -0.336 e. The Hall–Kier alpha value is -1.14. The van der Waals surface area contributed by atoms with E-state index in [2.05, 4.69) is 10.6 Å². The molecule has 0 unspecified atom stereocenters. The number of hydrogen-bond acceptors (Lipinski definition) is 4. The quantitative estimate of drug-likeness (QED) is 0.593. The molecule has 0 aromatic rings. The maximum Gasteiger partial charge on any atom is 0.321 e. The first-order valence-electron chi connectivity index (χ1n) is 5.55. The topological polar surface area (TPSA) is 87.5 Å². The van der Waals surface area contributed by atoms with Gasteiger partial charge in [0.2, 0.25) is 5.91 Å². The Kier molecular flexibility index (Phi) is 4.70. The molecule has 1 aliphatic rings. The zero-order valence-corrected chi connectivity index (χ0v) is 9.82. The van der Waals surface area contributed by atoms with Gasteiger partial charge in [0.25, 0.3) is 0 Å². The number of carbonyl (C=O) groups is 2. The maximum atomic E-state index is 11.4. The van der Waals surface area contributed by atoms with E-state index in [-0.39, 0.29) is 24.5 Å². The van der Waals surface area contributed by atoms with Crippen LogP contribution in [-0.2, 0) is 4.79 Å². The summed E-state index contributed by atoms with van der Waals surface area (Å²) in [7, 11) is 0. The number of carbonyl (C=O) groups excluding carboxylic acids is 2. The number of urea groups is 1. The third-order valence-electron chi connectivity index (χ3n) is 2.35. The van der Waals surface area contributed by atoms with Crippen molar-refractivity contribution in [3.8, 4) is 0 Å². The molecule has 0 spiro atoms. The first-order valence-corrected chi connectivity index (χ1v) is 5.55. The highest BCUT2D eigenvalue weighted by Gasteiger charge is 2.21. The van der Waals surface area contributed by atoms with Crippen LogP contribution in [0.1, 0.15) is 20.3 Å². The molecule has 0 saturated carbocycles. The van der Waals surface area contributed by atoms with Crippen molar-refractivity contribution < 1.29 is 9.59 Å². The Labute approximate surface area is 95.5 Å². The van der Waals surface area contributed by atoms with Crippen LogP contribution in [0, 0.1) is 0 Å². The first-order chi connectivity index (χ1) is 7.47. The fourth-order valence-corrected chi connectivity index (χ4v) is 1.67. The smallest absolute Gasteiger partial charge is 0.321 e. The Balaban J connectivity index is 2.23. The van der Waals surface area contributed by atoms with E-state index in [1.54, 1.807) is 0 Å². The average molecular weight is 228 g/mol. The maximum absolute atomic E-state index is 11.4. The Morgan fingerprint density at radius 1 is 1.50 bits per heavy atom. The van der Waals surface area contributed by atoms with Crippen LogP contribution in [0.3, 0.4) is 0 Å². The average Bonchev–Trinajstić information content (AvgIpc) is 2.48. The number of likely N-dealkylation sites (tertiary alicyclic amines) is 1. The first kappa shape index (κ1) is 12.9. The van der Waals surface area contributed by atoms with Crippen molar-refractivity contribution in [1.82, 2.24) is 15.5 Å². The second kappa shape index (κ2) is 5.81. The summed E-state index contributed by atoms with van der Waals surface area (Å²) >= 11 is 0. The van der Waals surface area contributed by atoms with E-state index in [0.717, 1.165) is 19.5 Å². The van der Waals surface area contributed by atoms with Gasteiger partial charge < -0.3 is 11.1 Å². The number of imide groups is 1. The molecule has 0 aliphatic carbocycles. The van der Waals surface area contributed by atoms with Crippen LogP contribution in [-0.4, -0.2) is 48.6 Å². The molecule has 0 aromatic heterocycles. The van der Waals surface area contributed by atoms with Gasteiger partial charge in [0, 0.05) is 25.2 Å². The second-order valence-corrected chi connectivity index (χ2v) is 4.46. The summed E-state index contributed by atoms with van der Waals surface area (Å²) < 4.78 is 0. The Bertz CT molecular complexity index is 268. The molecule has 1 heterocycles. The molecule has 1 fully saturated rings. The van der Waals surface area contributed by atoms with E-state index in [1.807, 2.05) is 18.7 Å². The SMILES string of the molecule is CC(C)NC(=O)NC(=O)CN1CC[C@H](N)C1. The highest BCUT2D eigenvalue weighted by atomic mass is 16.2. The number of nitrogens with zero attached hydrogens (tertiary/aromatic N) is 1. The van der Waals surface area contributed by atoms with Crippen LogP contribution in [0.2, 0.25) is 0 Å². The van der Waals surface area contributed by atoms with Crippen molar-refractivity contribution in [2.24, 2.45) is 5.73 Å². The van der Waals surface area contributed by atoms with E-state index in [4.69, 9.17) is 5.73 Å². The molecule has 1 rings (SSSR count). The lowest BCUT2D eigenvalue weighted by molar-refractivity contribution is -0.120. The van der Waals surface area contributed by atoms with Crippen molar-refractivity contribution in [2.75, 3.05) is 19.6 Å². The molecule has 0 aromatic carbocycles. The van der Waals surface area contributed by atoms with Crippen LogP contribution < -0.4 is 16.4 Å². The number of nitrogens with two attached hydrogens (primary N) is 1. The van der Waals surface area contributed by atoms with Gasteiger partial charge in [-0.1, -0.05) is 0 Å². The van der Waals surface area contributed by atoms with Gasteiger partial charge in [-0.05, 0) is 20.3 Å². The molecule has 0 bridgehead atoms. The molecule has 4 N–H and O–H groups in total. The summed E-state index contributed by atoms with van der Waals surface area (Å²) in [5.74, 6) is -0.285. The lowest BCUT2D eigenvalue weighted by Gasteiger charge is -2.15. The number of nitrogens with one attached hydrogen (secondary N) is 2. The monoisotopic (exact) mass is 228 g/mol. The zero-order chi connectivity index (χ0) is 12.1. The Morgan fingerprint density at radius 2 is 2.19 bits per heavy atom. The third kappa shape index (κ3) is 4.59. The third-order valence-corrected chi connectivity index (χ3v) is 2.35. The standard InChI is InChI=1S/C10H20N4O2/c1-7(2)12-10(16)13-9(15)6-14-4-3-8(11)5-14/h7-8H,3-6,11H2,1-2H3,(H2,12,13,15,16)/t8-/m0/s1. The van der Waals surface area contributed by atoms with Crippen molar-refractivity contribution >= 4 is 11.9 Å². The van der Waals surface area contributed by atoms with Gasteiger partial charge in [-0.25, -0.2) is 4.79 Å². The van der Waals surface area contributed by atoms with E-state index in [0.29, 0.717) is 0 Å². The molecule has 3 amide bonds. The molecule has 0 radical (unpaired) electrons. The molecule has 1 saturated heterocycles. The largest absolute Gasteiger partial charge is 0.336 e. The summed E-state index contributed by atoms with van der Waals surface area (Å²) in [6, 6.07) is -0.270. The van der Waals surface area contributed by atoms with Gasteiger partial charge in [-0.2, -0.15) is 0 Å². The zero-order valence-electron chi connectivity index (χ0n) is 9.82. The van der Waals surface area contributed by atoms with Gasteiger partial charge in [0.1, 0.15) is 0 Å². The molecule has 16 heavy (non-hydrogen) atoms. The second-order valence-electron chi connectivity index (χ2n) is 4.46. The lowest BCUT2D eigenvalue weighted by atomic mass is 10.3. The fraction of sp³-hybridized carbons (Fsp3) is 0.800. The minimum atomic E-state index is -0.441. The highest BCUT2D eigenvalue weighted by molar-refractivity contribution is 5.95. The molecule has 1 aliphatic heterocycles. The summed E-state index contributed by atoms with van der Waals surface area (Å²) in [6.45, 7) is 5.45. The normalized spacial score (nSPS) is 21.1.